The zero-order valence-corrected chi connectivity index (χ0v) is 13.8. The second-order valence-corrected chi connectivity index (χ2v) is 6.02. The summed E-state index contributed by atoms with van der Waals surface area (Å²) in [4.78, 5) is 2.30. The summed E-state index contributed by atoms with van der Waals surface area (Å²) in [7, 11) is 0. The summed E-state index contributed by atoms with van der Waals surface area (Å²) in [5, 5.41) is 3.62. The highest BCUT2D eigenvalue weighted by atomic mass is 15.3. The molecule has 4 nitrogen and oxygen atoms in total. The third kappa shape index (κ3) is 2.68. The number of fused-ring (bicyclic) bond motifs is 1. The van der Waals surface area contributed by atoms with Gasteiger partial charge in [-0.05, 0) is 41.5 Å². The molecule has 4 rings (SSSR count). The van der Waals surface area contributed by atoms with Crippen LogP contribution in [0.15, 0.2) is 85.1 Å². The van der Waals surface area contributed by atoms with E-state index < -0.39 is 0 Å². The molecule has 1 aliphatic rings. The van der Waals surface area contributed by atoms with E-state index >= 15 is 0 Å². The van der Waals surface area contributed by atoms with Gasteiger partial charge in [0.25, 0.3) is 0 Å². The zero-order chi connectivity index (χ0) is 17.2. The molecule has 1 heterocycles. The lowest BCUT2D eigenvalue weighted by molar-refractivity contribution is 0.828. The van der Waals surface area contributed by atoms with Gasteiger partial charge in [0.15, 0.2) is 0 Å². The van der Waals surface area contributed by atoms with E-state index in [1.165, 1.54) is 6.20 Å². The normalized spacial score (nSPS) is 16.4. The number of hydrogen-bond donors (Lipinski definition) is 3. The molecule has 0 spiro atoms. The Morgan fingerprint density at radius 1 is 0.920 bits per heavy atom. The van der Waals surface area contributed by atoms with Crippen molar-refractivity contribution in [2.75, 3.05) is 10.2 Å². The number of anilines is 3. The molecule has 4 heteroatoms. The molecule has 0 fully saturated rings. The van der Waals surface area contributed by atoms with E-state index in [4.69, 9.17) is 11.5 Å². The zero-order valence-electron chi connectivity index (χ0n) is 13.8. The molecule has 0 saturated heterocycles. The van der Waals surface area contributed by atoms with E-state index in [2.05, 4.69) is 64.8 Å². The molecular weight excluding hydrogens is 308 g/mol. The highest BCUT2D eigenvalue weighted by Gasteiger charge is 2.30. The Balaban J connectivity index is 1.82. The van der Waals surface area contributed by atoms with Crippen molar-refractivity contribution < 1.29 is 0 Å². The van der Waals surface area contributed by atoms with Crippen LogP contribution in [0.2, 0.25) is 0 Å². The first kappa shape index (κ1) is 15.1. The summed E-state index contributed by atoms with van der Waals surface area (Å²) >= 11 is 0. The van der Waals surface area contributed by atoms with Gasteiger partial charge in [-0.2, -0.15) is 0 Å². The van der Waals surface area contributed by atoms with Crippen molar-refractivity contribution >= 4 is 22.8 Å². The van der Waals surface area contributed by atoms with Crippen molar-refractivity contribution in [1.82, 2.24) is 0 Å². The van der Waals surface area contributed by atoms with Gasteiger partial charge in [-0.15, -0.1) is 0 Å². The Labute approximate surface area is 147 Å². The lowest BCUT2D eigenvalue weighted by atomic mass is 10.1. The third-order valence-electron chi connectivity index (χ3n) is 4.46. The second-order valence-electron chi connectivity index (χ2n) is 6.02. The first-order valence-corrected chi connectivity index (χ1v) is 8.25. The molecule has 0 aliphatic carbocycles. The van der Waals surface area contributed by atoms with Crippen LogP contribution in [-0.4, -0.2) is 0 Å². The van der Waals surface area contributed by atoms with Crippen molar-refractivity contribution in [2.45, 2.75) is 6.17 Å². The van der Waals surface area contributed by atoms with E-state index in [1.807, 2.05) is 24.3 Å². The minimum atomic E-state index is -0.00896. The Bertz CT molecular complexity index is 918. The maximum atomic E-state index is 5.99. The Morgan fingerprint density at radius 2 is 1.68 bits per heavy atom. The van der Waals surface area contributed by atoms with E-state index in [1.54, 1.807) is 0 Å². The monoisotopic (exact) mass is 328 g/mol. The van der Waals surface area contributed by atoms with Crippen LogP contribution in [0.25, 0.3) is 5.70 Å². The van der Waals surface area contributed by atoms with Crippen LogP contribution in [-0.2, 0) is 0 Å². The molecule has 0 amide bonds. The van der Waals surface area contributed by atoms with E-state index in [-0.39, 0.29) is 6.17 Å². The maximum absolute atomic E-state index is 5.99. The van der Waals surface area contributed by atoms with Crippen molar-refractivity contribution in [3.63, 3.8) is 0 Å². The average molecular weight is 328 g/mol. The van der Waals surface area contributed by atoms with Crippen LogP contribution in [0.5, 0.6) is 0 Å². The fraction of sp³-hybridized carbons (Fsp3) is 0.0476. The lowest BCUT2D eigenvalue weighted by Crippen LogP contribution is -2.23. The minimum absolute atomic E-state index is 0.00896. The number of nitrogens with zero attached hydrogens (tertiary/aromatic N) is 1. The standard InChI is InChI=1S/C21H20N4/c22-14-18(23)15-7-6-8-16(13-15)21-24-19-11-4-5-12-20(19)25(21)17-9-2-1-3-10-17/h1-14,21,24H,22-23H2/b18-14-. The van der Waals surface area contributed by atoms with Gasteiger partial charge in [-0.3, -0.25) is 0 Å². The number of para-hydroxylation sites is 3. The first-order valence-electron chi connectivity index (χ1n) is 8.25. The summed E-state index contributed by atoms with van der Waals surface area (Å²) in [5.74, 6) is 0. The van der Waals surface area contributed by atoms with Gasteiger partial charge in [0.05, 0.1) is 17.1 Å². The molecule has 1 unspecified atom stereocenters. The third-order valence-corrected chi connectivity index (χ3v) is 4.46. The second kappa shape index (κ2) is 6.24. The number of hydrogen-bond acceptors (Lipinski definition) is 4. The molecule has 5 N–H and O–H groups in total. The number of benzene rings is 3. The highest BCUT2D eigenvalue weighted by Crippen LogP contribution is 2.45. The summed E-state index contributed by atoms with van der Waals surface area (Å²) in [5.41, 5.74) is 17.6. The van der Waals surface area contributed by atoms with E-state index in [9.17, 15) is 0 Å². The molecular formula is C21H20N4. The highest BCUT2D eigenvalue weighted by molar-refractivity contribution is 5.83. The molecule has 0 bridgehead atoms. The SMILES string of the molecule is N/C=C(\N)c1cccc(C2Nc3ccccc3N2c2ccccc2)c1. The topological polar surface area (TPSA) is 67.3 Å². The predicted octanol–water partition coefficient (Wildman–Crippen LogP) is 4.16. The summed E-state index contributed by atoms with van der Waals surface area (Å²) in [6, 6.07) is 26.9. The van der Waals surface area contributed by atoms with Crippen molar-refractivity contribution in [2.24, 2.45) is 11.5 Å². The van der Waals surface area contributed by atoms with Gasteiger partial charge in [-0.25, -0.2) is 0 Å². The molecule has 124 valence electrons. The van der Waals surface area contributed by atoms with Crippen LogP contribution in [0.4, 0.5) is 17.1 Å². The molecule has 3 aromatic rings. The van der Waals surface area contributed by atoms with Crippen LogP contribution in [0.3, 0.4) is 0 Å². The molecule has 1 atom stereocenters. The van der Waals surface area contributed by atoms with E-state index in [0.29, 0.717) is 5.70 Å². The minimum Gasteiger partial charge on any atom is -0.403 e. The van der Waals surface area contributed by atoms with Gasteiger partial charge in [-0.1, -0.05) is 48.5 Å². The Morgan fingerprint density at radius 3 is 2.48 bits per heavy atom. The number of nitrogens with two attached hydrogens (primary N) is 2. The quantitative estimate of drug-likeness (QED) is 0.675. The average Bonchev–Trinajstić information content (AvgIpc) is 3.07. The van der Waals surface area contributed by atoms with Crippen molar-refractivity contribution in [1.29, 1.82) is 0 Å². The molecule has 1 aliphatic heterocycles. The van der Waals surface area contributed by atoms with Crippen molar-refractivity contribution in [3.05, 3.63) is 96.2 Å². The fourth-order valence-electron chi connectivity index (χ4n) is 3.25. The van der Waals surface area contributed by atoms with E-state index in [0.717, 1.165) is 28.2 Å². The lowest BCUT2D eigenvalue weighted by Gasteiger charge is -2.27. The van der Waals surface area contributed by atoms with Gasteiger partial charge in [0.1, 0.15) is 6.17 Å². The molecule has 0 radical (unpaired) electrons. The van der Waals surface area contributed by atoms with Crippen LogP contribution < -0.4 is 21.7 Å². The number of nitrogens with one attached hydrogen (secondary N) is 1. The van der Waals surface area contributed by atoms with Crippen molar-refractivity contribution in [3.8, 4) is 0 Å². The fourth-order valence-corrected chi connectivity index (χ4v) is 3.25. The van der Waals surface area contributed by atoms with Crippen LogP contribution in [0.1, 0.15) is 17.3 Å². The maximum Gasteiger partial charge on any atom is 0.130 e. The largest absolute Gasteiger partial charge is 0.403 e. The molecule has 0 saturated carbocycles. The smallest absolute Gasteiger partial charge is 0.130 e. The van der Waals surface area contributed by atoms with Gasteiger partial charge < -0.3 is 21.7 Å². The molecule has 25 heavy (non-hydrogen) atoms. The van der Waals surface area contributed by atoms with Gasteiger partial charge in [0, 0.05) is 11.9 Å². The summed E-state index contributed by atoms with van der Waals surface area (Å²) < 4.78 is 0. The first-order chi connectivity index (χ1) is 12.3. The summed E-state index contributed by atoms with van der Waals surface area (Å²) in [6.07, 6.45) is 1.43. The molecule has 3 aromatic carbocycles. The van der Waals surface area contributed by atoms with Crippen LogP contribution in [0, 0.1) is 0 Å². The van der Waals surface area contributed by atoms with Gasteiger partial charge >= 0.3 is 0 Å². The van der Waals surface area contributed by atoms with Gasteiger partial charge in [0.2, 0.25) is 0 Å². The Hall–Kier alpha value is -3.40. The number of rotatable bonds is 3. The molecule has 0 aromatic heterocycles. The summed E-state index contributed by atoms with van der Waals surface area (Å²) in [6.45, 7) is 0. The van der Waals surface area contributed by atoms with Crippen LogP contribution >= 0.6 is 0 Å². The Kier molecular flexibility index (Phi) is 3.78. The predicted molar refractivity (Wildman–Crippen MR) is 104 cm³/mol.